The van der Waals surface area contributed by atoms with Crippen LogP contribution in [0.4, 0.5) is 13.2 Å². The third-order valence-corrected chi connectivity index (χ3v) is 6.54. The van der Waals surface area contributed by atoms with Crippen molar-refractivity contribution in [2.24, 2.45) is 0 Å². The minimum atomic E-state index is -4.76. The highest BCUT2D eigenvalue weighted by atomic mass is 19.4. The Bertz CT molecular complexity index is 1220. The van der Waals surface area contributed by atoms with Crippen molar-refractivity contribution in [3.63, 3.8) is 0 Å². The highest BCUT2D eigenvalue weighted by Gasteiger charge is 2.46. The van der Waals surface area contributed by atoms with Gasteiger partial charge in [-0.1, -0.05) is 13.8 Å². The molecule has 1 fully saturated rings. The van der Waals surface area contributed by atoms with Crippen molar-refractivity contribution in [1.29, 1.82) is 0 Å². The third-order valence-electron chi connectivity index (χ3n) is 6.54. The van der Waals surface area contributed by atoms with Gasteiger partial charge < -0.3 is 19.1 Å². The number of alkyl halides is 3. The van der Waals surface area contributed by atoms with E-state index in [0.29, 0.717) is 31.1 Å². The number of ether oxygens (including phenoxy) is 3. The number of carbonyl (C=O) groups excluding carboxylic acids is 2. The minimum absolute atomic E-state index is 0.114. The average Bonchev–Trinajstić information content (AvgIpc) is 3.29. The molecular formula is C27H33F3N4O5. The molecule has 39 heavy (non-hydrogen) atoms. The fourth-order valence-electron chi connectivity index (χ4n) is 4.71. The van der Waals surface area contributed by atoms with Crippen LogP contribution in [-0.2, 0) is 25.9 Å². The first-order valence-corrected chi connectivity index (χ1v) is 12.8. The molecule has 12 heteroatoms. The number of morpholine rings is 1. The normalized spacial score (nSPS) is 17.8. The van der Waals surface area contributed by atoms with Crippen molar-refractivity contribution in [3.8, 4) is 5.75 Å². The molecule has 212 valence electrons. The summed E-state index contributed by atoms with van der Waals surface area (Å²) in [6.45, 7) is 10.6. The summed E-state index contributed by atoms with van der Waals surface area (Å²) in [5, 5.41) is 5.86. The third kappa shape index (κ3) is 6.62. The standard InChI is InChI=1S/C27H33F3N4O5/c1-17(2)39-25(36)20-15-34(16-26(3,4)21-22(20)31-32-23(21)27(28,29)30)24(35)18-5-7-19(8-6-18)38-14-11-33-9-12-37-13-10-33/h5-8,15,17H,9-14,16H2,1-4H3,(H,31,32). The van der Waals surface area contributed by atoms with E-state index in [1.54, 1.807) is 52.0 Å². The Kier molecular flexibility index (Phi) is 8.36. The number of carbonyl (C=O) groups is 2. The second kappa shape index (κ2) is 11.4. The summed E-state index contributed by atoms with van der Waals surface area (Å²) >= 11 is 0. The molecule has 0 atom stereocenters. The maximum Gasteiger partial charge on any atom is 0.435 e. The lowest BCUT2D eigenvalue weighted by atomic mass is 9.81. The van der Waals surface area contributed by atoms with Gasteiger partial charge in [-0.05, 0) is 38.1 Å². The highest BCUT2D eigenvalue weighted by molar-refractivity contribution is 6.17. The molecule has 0 aliphatic carbocycles. The molecule has 2 aliphatic heterocycles. The predicted octanol–water partition coefficient (Wildman–Crippen LogP) is 3.87. The largest absolute Gasteiger partial charge is 0.492 e. The van der Waals surface area contributed by atoms with E-state index >= 15 is 0 Å². The maximum atomic E-state index is 13.9. The Morgan fingerprint density at radius 2 is 1.82 bits per heavy atom. The molecule has 1 aromatic heterocycles. The number of hydrogen-bond acceptors (Lipinski definition) is 7. The van der Waals surface area contributed by atoms with Crippen LogP contribution in [0.5, 0.6) is 5.75 Å². The van der Waals surface area contributed by atoms with Crippen molar-refractivity contribution in [2.45, 2.75) is 45.4 Å². The molecular weight excluding hydrogens is 517 g/mol. The fourth-order valence-corrected chi connectivity index (χ4v) is 4.71. The fraction of sp³-hybridized carbons (Fsp3) is 0.519. The maximum absolute atomic E-state index is 13.9. The zero-order valence-corrected chi connectivity index (χ0v) is 22.4. The van der Waals surface area contributed by atoms with Crippen molar-refractivity contribution < 1.29 is 37.0 Å². The van der Waals surface area contributed by atoms with Crippen LogP contribution in [0.2, 0.25) is 0 Å². The van der Waals surface area contributed by atoms with E-state index in [-0.39, 0.29) is 23.4 Å². The Labute approximate surface area is 224 Å². The zero-order chi connectivity index (χ0) is 28.4. The molecule has 1 amide bonds. The van der Waals surface area contributed by atoms with Crippen LogP contribution in [0.3, 0.4) is 0 Å². The molecule has 9 nitrogen and oxygen atoms in total. The summed E-state index contributed by atoms with van der Waals surface area (Å²) in [4.78, 5) is 30.0. The second-order valence-corrected chi connectivity index (χ2v) is 10.5. The van der Waals surface area contributed by atoms with E-state index < -0.39 is 35.3 Å². The van der Waals surface area contributed by atoms with Crippen LogP contribution in [0.15, 0.2) is 30.5 Å². The Hall–Kier alpha value is -3.38. The van der Waals surface area contributed by atoms with Crippen LogP contribution < -0.4 is 4.74 Å². The van der Waals surface area contributed by atoms with Gasteiger partial charge in [0.15, 0.2) is 5.69 Å². The lowest BCUT2D eigenvalue weighted by Crippen LogP contribution is -2.38. The predicted molar refractivity (Wildman–Crippen MR) is 136 cm³/mol. The number of aromatic amines is 1. The highest BCUT2D eigenvalue weighted by Crippen LogP contribution is 2.42. The van der Waals surface area contributed by atoms with E-state index in [2.05, 4.69) is 15.1 Å². The summed E-state index contributed by atoms with van der Waals surface area (Å²) in [5.74, 6) is -0.753. The van der Waals surface area contributed by atoms with E-state index in [1.165, 1.54) is 11.1 Å². The van der Waals surface area contributed by atoms with E-state index in [0.717, 1.165) is 19.6 Å². The number of fused-ring (bicyclic) bond motifs is 1. The lowest BCUT2D eigenvalue weighted by molar-refractivity contribution is -0.142. The molecule has 1 saturated heterocycles. The van der Waals surface area contributed by atoms with Crippen LogP contribution in [0.25, 0.3) is 5.57 Å². The first-order chi connectivity index (χ1) is 18.4. The first kappa shape index (κ1) is 28.6. The second-order valence-electron chi connectivity index (χ2n) is 10.5. The summed E-state index contributed by atoms with van der Waals surface area (Å²) in [6, 6.07) is 6.52. The number of hydrogen-bond donors (Lipinski definition) is 1. The number of halogens is 3. The number of H-pyrrole nitrogens is 1. The van der Waals surface area contributed by atoms with Gasteiger partial charge in [0.05, 0.1) is 25.0 Å². The molecule has 1 aromatic carbocycles. The summed E-state index contributed by atoms with van der Waals surface area (Å²) < 4.78 is 58.0. The molecule has 0 bridgehead atoms. The quantitative estimate of drug-likeness (QED) is 0.523. The van der Waals surface area contributed by atoms with Gasteiger partial charge >= 0.3 is 12.1 Å². The van der Waals surface area contributed by atoms with Crippen LogP contribution >= 0.6 is 0 Å². The van der Waals surface area contributed by atoms with E-state index in [1.807, 2.05) is 0 Å². The SMILES string of the molecule is CC(C)OC(=O)C1=CN(C(=O)c2ccc(OCCN3CCOCC3)cc2)CC(C)(C)c2c(C(F)(F)F)n[nH]c21. The van der Waals surface area contributed by atoms with E-state index in [4.69, 9.17) is 14.2 Å². The number of nitrogens with zero attached hydrogens (tertiary/aromatic N) is 3. The smallest absolute Gasteiger partial charge is 0.435 e. The van der Waals surface area contributed by atoms with Crippen molar-refractivity contribution >= 4 is 17.4 Å². The van der Waals surface area contributed by atoms with E-state index in [9.17, 15) is 22.8 Å². The molecule has 0 spiro atoms. The number of rotatable bonds is 7. The lowest BCUT2D eigenvalue weighted by Gasteiger charge is -2.30. The average molecular weight is 551 g/mol. The van der Waals surface area contributed by atoms with Crippen LogP contribution in [0, 0.1) is 0 Å². The van der Waals surface area contributed by atoms with Gasteiger partial charge in [-0.2, -0.15) is 18.3 Å². The van der Waals surface area contributed by atoms with Gasteiger partial charge in [-0.25, -0.2) is 4.79 Å². The number of nitrogens with one attached hydrogen (secondary N) is 1. The van der Waals surface area contributed by atoms with Gasteiger partial charge in [-0.15, -0.1) is 0 Å². The first-order valence-electron chi connectivity index (χ1n) is 12.8. The number of esters is 1. The molecule has 0 unspecified atom stereocenters. The van der Waals surface area contributed by atoms with Gasteiger partial charge in [0, 0.05) is 48.9 Å². The van der Waals surface area contributed by atoms with Gasteiger partial charge in [0.25, 0.3) is 5.91 Å². The molecule has 0 radical (unpaired) electrons. The van der Waals surface area contributed by atoms with Gasteiger partial charge in [0.2, 0.25) is 0 Å². The summed E-state index contributed by atoms with van der Waals surface area (Å²) in [6.07, 6.45) is -4.04. The van der Waals surface area contributed by atoms with Crippen LogP contribution in [0.1, 0.15) is 55.0 Å². The molecule has 0 saturated carbocycles. The van der Waals surface area contributed by atoms with Gasteiger partial charge in [-0.3, -0.25) is 14.8 Å². The number of aromatic nitrogens is 2. The molecule has 2 aromatic rings. The molecule has 1 N–H and O–H groups in total. The molecule has 4 rings (SSSR count). The Morgan fingerprint density at radius 3 is 2.44 bits per heavy atom. The summed E-state index contributed by atoms with van der Waals surface area (Å²) in [7, 11) is 0. The zero-order valence-electron chi connectivity index (χ0n) is 22.4. The number of amides is 1. The topological polar surface area (TPSA) is 97.0 Å². The summed E-state index contributed by atoms with van der Waals surface area (Å²) in [5.41, 5.74) is -2.55. The van der Waals surface area contributed by atoms with Crippen molar-refractivity contribution in [1.82, 2.24) is 20.0 Å². The monoisotopic (exact) mass is 550 g/mol. The molecule has 3 heterocycles. The van der Waals surface area contributed by atoms with Crippen molar-refractivity contribution in [2.75, 3.05) is 46.0 Å². The molecule has 2 aliphatic rings. The Morgan fingerprint density at radius 1 is 1.15 bits per heavy atom. The van der Waals surface area contributed by atoms with Crippen LogP contribution in [-0.4, -0.2) is 84.0 Å². The van der Waals surface area contributed by atoms with Crippen molar-refractivity contribution in [3.05, 3.63) is 53.0 Å². The number of benzene rings is 1. The van der Waals surface area contributed by atoms with Gasteiger partial charge in [0.1, 0.15) is 17.9 Å². The minimum Gasteiger partial charge on any atom is -0.492 e. The Balaban J connectivity index is 1.57.